The molecule has 0 amide bonds. The smallest absolute Gasteiger partial charge is 0.166 e. The number of thiazole rings is 1. The van der Waals surface area contributed by atoms with Crippen molar-refractivity contribution in [3.05, 3.63) is 40.3 Å². The Labute approximate surface area is 116 Å². The number of likely N-dealkylation sites (N-methyl/N-ethyl adjacent to an activating group) is 1. The Kier molecular flexibility index (Phi) is 3.66. The average Bonchev–Trinajstić information content (AvgIpc) is 2.97. The Hall–Kier alpha value is -1.59. The lowest BCUT2D eigenvalue weighted by atomic mass is 10.0. The lowest BCUT2D eigenvalue weighted by Crippen LogP contribution is -2.22. The summed E-state index contributed by atoms with van der Waals surface area (Å²) in [7, 11) is 1.97. The first-order valence-corrected chi connectivity index (χ1v) is 7.19. The van der Waals surface area contributed by atoms with Gasteiger partial charge in [0.05, 0.1) is 5.51 Å². The molecule has 0 fully saturated rings. The Morgan fingerprint density at radius 2 is 2.26 bits per heavy atom. The van der Waals surface area contributed by atoms with Crippen molar-refractivity contribution in [1.29, 1.82) is 0 Å². The molecule has 1 atom stereocenters. The number of fused-ring (bicyclic) bond motifs is 1. The predicted octanol–water partition coefficient (Wildman–Crippen LogP) is 2.42. The van der Waals surface area contributed by atoms with E-state index in [0.29, 0.717) is 13.2 Å². The van der Waals surface area contributed by atoms with Crippen molar-refractivity contribution in [3.63, 3.8) is 0 Å². The molecule has 1 aromatic heterocycles. The first-order chi connectivity index (χ1) is 9.38. The highest BCUT2D eigenvalue weighted by Crippen LogP contribution is 2.37. The van der Waals surface area contributed by atoms with Gasteiger partial charge in [-0.1, -0.05) is 12.1 Å². The molecule has 2 aromatic rings. The molecule has 0 saturated heterocycles. The summed E-state index contributed by atoms with van der Waals surface area (Å²) in [6, 6.07) is 6.27. The standard InChI is InChI=1S/C14H16N2O2S/c1-15-12(7-10-8-16-9-19-10)11-3-2-4-13-14(11)18-6-5-17-13/h2-4,8-9,12,15H,5-7H2,1H3. The Morgan fingerprint density at radius 1 is 1.37 bits per heavy atom. The van der Waals surface area contributed by atoms with Gasteiger partial charge < -0.3 is 14.8 Å². The normalized spacial score (nSPS) is 15.2. The number of benzene rings is 1. The van der Waals surface area contributed by atoms with Crippen molar-refractivity contribution in [2.24, 2.45) is 0 Å². The van der Waals surface area contributed by atoms with Gasteiger partial charge in [0.25, 0.3) is 0 Å². The highest BCUT2D eigenvalue weighted by molar-refractivity contribution is 7.09. The van der Waals surface area contributed by atoms with Crippen LogP contribution < -0.4 is 14.8 Å². The van der Waals surface area contributed by atoms with Crippen LogP contribution in [0.1, 0.15) is 16.5 Å². The minimum Gasteiger partial charge on any atom is -0.486 e. The Balaban J connectivity index is 1.90. The molecule has 1 aromatic carbocycles. The molecule has 19 heavy (non-hydrogen) atoms. The van der Waals surface area contributed by atoms with Crippen LogP contribution >= 0.6 is 11.3 Å². The second-order valence-electron chi connectivity index (χ2n) is 4.38. The first kappa shape index (κ1) is 12.4. The molecule has 3 rings (SSSR count). The van der Waals surface area contributed by atoms with Crippen LogP contribution in [0.15, 0.2) is 29.9 Å². The summed E-state index contributed by atoms with van der Waals surface area (Å²) >= 11 is 1.68. The molecular formula is C14H16N2O2S. The third kappa shape index (κ3) is 2.57. The van der Waals surface area contributed by atoms with Crippen molar-refractivity contribution < 1.29 is 9.47 Å². The molecule has 0 bridgehead atoms. The van der Waals surface area contributed by atoms with E-state index in [0.717, 1.165) is 23.5 Å². The van der Waals surface area contributed by atoms with Gasteiger partial charge in [-0.3, -0.25) is 4.98 Å². The molecule has 1 aliphatic rings. The molecular weight excluding hydrogens is 260 g/mol. The third-order valence-corrected chi connectivity index (χ3v) is 4.01. The number of rotatable bonds is 4. The number of aromatic nitrogens is 1. The van der Waals surface area contributed by atoms with Crippen LogP contribution in [0, 0.1) is 0 Å². The van der Waals surface area contributed by atoms with E-state index in [-0.39, 0.29) is 6.04 Å². The van der Waals surface area contributed by atoms with Crippen molar-refractivity contribution >= 4 is 11.3 Å². The molecule has 0 aliphatic carbocycles. The summed E-state index contributed by atoms with van der Waals surface area (Å²) < 4.78 is 11.4. The molecule has 1 N–H and O–H groups in total. The quantitative estimate of drug-likeness (QED) is 0.931. The van der Waals surface area contributed by atoms with Gasteiger partial charge in [0.1, 0.15) is 13.2 Å². The minimum atomic E-state index is 0.206. The minimum absolute atomic E-state index is 0.206. The van der Waals surface area contributed by atoms with Crippen LogP contribution in [-0.4, -0.2) is 25.2 Å². The van der Waals surface area contributed by atoms with Crippen LogP contribution in [0.4, 0.5) is 0 Å². The number of para-hydroxylation sites is 1. The van der Waals surface area contributed by atoms with Crippen molar-refractivity contribution in [2.75, 3.05) is 20.3 Å². The fourth-order valence-corrected chi connectivity index (χ4v) is 2.92. The first-order valence-electron chi connectivity index (χ1n) is 6.31. The monoisotopic (exact) mass is 276 g/mol. The lowest BCUT2D eigenvalue weighted by molar-refractivity contribution is 0.168. The zero-order chi connectivity index (χ0) is 13.1. The molecule has 4 nitrogen and oxygen atoms in total. The molecule has 1 unspecified atom stereocenters. The van der Waals surface area contributed by atoms with Gasteiger partial charge in [0.15, 0.2) is 11.5 Å². The molecule has 5 heteroatoms. The van der Waals surface area contributed by atoms with Crippen LogP contribution in [0.25, 0.3) is 0 Å². The number of ether oxygens (including phenoxy) is 2. The van der Waals surface area contributed by atoms with E-state index < -0.39 is 0 Å². The van der Waals surface area contributed by atoms with E-state index in [1.165, 1.54) is 4.88 Å². The van der Waals surface area contributed by atoms with Crippen molar-refractivity contribution in [2.45, 2.75) is 12.5 Å². The summed E-state index contributed by atoms with van der Waals surface area (Å²) in [5.74, 6) is 1.71. The maximum atomic E-state index is 5.78. The zero-order valence-electron chi connectivity index (χ0n) is 10.8. The summed E-state index contributed by atoms with van der Waals surface area (Å²) in [5, 5.41) is 3.35. The zero-order valence-corrected chi connectivity index (χ0v) is 11.6. The van der Waals surface area contributed by atoms with Crippen LogP contribution in [0.3, 0.4) is 0 Å². The van der Waals surface area contributed by atoms with Crippen molar-refractivity contribution in [3.8, 4) is 11.5 Å². The van der Waals surface area contributed by atoms with Gasteiger partial charge in [-0.2, -0.15) is 0 Å². The molecule has 2 heterocycles. The Bertz CT molecular complexity index is 542. The maximum absolute atomic E-state index is 5.78. The summed E-state index contributed by atoms with van der Waals surface area (Å²) in [4.78, 5) is 5.38. The lowest BCUT2D eigenvalue weighted by Gasteiger charge is -2.24. The Morgan fingerprint density at radius 3 is 3.05 bits per heavy atom. The fourth-order valence-electron chi connectivity index (χ4n) is 2.28. The second kappa shape index (κ2) is 5.59. The number of nitrogens with one attached hydrogen (secondary N) is 1. The summed E-state index contributed by atoms with van der Waals surface area (Å²) in [6.45, 7) is 1.23. The number of nitrogens with zero attached hydrogens (tertiary/aromatic N) is 1. The summed E-state index contributed by atoms with van der Waals surface area (Å²) in [6.07, 6.45) is 2.82. The van der Waals surface area contributed by atoms with Crippen molar-refractivity contribution in [1.82, 2.24) is 10.3 Å². The van der Waals surface area contributed by atoms with E-state index in [1.54, 1.807) is 11.3 Å². The molecule has 1 aliphatic heterocycles. The molecule has 0 spiro atoms. The highest BCUT2D eigenvalue weighted by atomic mass is 32.1. The van der Waals surface area contributed by atoms with Crippen LogP contribution in [0.2, 0.25) is 0 Å². The van der Waals surface area contributed by atoms with Gasteiger partial charge in [-0.05, 0) is 13.1 Å². The van der Waals surface area contributed by atoms with E-state index in [4.69, 9.17) is 9.47 Å². The largest absolute Gasteiger partial charge is 0.486 e. The molecule has 0 saturated carbocycles. The number of hydrogen-bond donors (Lipinski definition) is 1. The maximum Gasteiger partial charge on any atom is 0.166 e. The second-order valence-corrected chi connectivity index (χ2v) is 5.36. The van der Waals surface area contributed by atoms with Gasteiger partial charge in [-0.25, -0.2) is 0 Å². The van der Waals surface area contributed by atoms with Gasteiger partial charge >= 0.3 is 0 Å². The third-order valence-electron chi connectivity index (χ3n) is 3.21. The summed E-state index contributed by atoms with van der Waals surface area (Å²) in [5.41, 5.74) is 3.01. The van der Waals surface area contributed by atoms with E-state index in [9.17, 15) is 0 Å². The highest BCUT2D eigenvalue weighted by Gasteiger charge is 2.21. The van der Waals surface area contributed by atoms with E-state index in [1.807, 2.05) is 30.9 Å². The van der Waals surface area contributed by atoms with E-state index >= 15 is 0 Å². The van der Waals surface area contributed by atoms with Gasteiger partial charge in [0.2, 0.25) is 0 Å². The fraction of sp³-hybridized carbons (Fsp3) is 0.357. The van der Waals surface area contributed by atoms with Crippen LogP contribution in [0.5, 0.6) is 11.5 Å². The number of hydrogen-bond acceptors (Lipinski definition) is 5. The van der Waals surface area contributed by atoms with Crippen LogP contribution in [-0.2, 0) is 6.42 Å². The van der Waals surface area contributed by atoms with Gasteiger partial charge in [0, 0.05) is 29.1 Å². The van der Waals surface area contributed by atoms with Gasteiger partial charge in [-0.15, -0.1) is 11.3 Å². The van der Waals surface area contributed by atoms with E-state index in [2.05, 4.69) is 16.4 Å². The predicted molar refractivity (Wildman–Crippen MR) is 75.1 cm³/mol. The SMILES string of the molecule is CNC(Cc1cncs1)c1cccc2c1OCCO2. The molecule has 100 valence electrons. The topological polar surface area (TPSA) is 43.4 Å². The average molecular weight is 276 g/mol. The molecule has 0 radical (unpaired) electrons.